The minimum atomic E-state index is -0.941. The van der Waals surface area contributed by atoms with Gasteiger partial charge in [0.15, 0.2) is 17.4 Å². The normalized spacial score (nSPS) is 10.8. The highest BCUT2D eigenvalue weighted by Gasteiger charge is 2.09. The molecule has 1 aromatic heterocycles. The second-order valence-corrected chi connectivity index (χ2v) is 5.56. The van der Waals surface area contributed by atoms with Gasteiger partial charge in [-0.25, -0.2) is 8.78 Å². The molecule has 1 aromatic carbocycles. The lowest BCUT2D eigenvalue weighted by molar-refractivity contribution is 0.395. The first-order valence-corrected chi connectivity index (χ1v) is 6.84. The van der Waals surface area contributed by atoms with Crippen LogP contribution in [0.2, 0.25) is 0 Å². The molecule has 0 spiro atoms. The Morgan fingerprint density at radius 2 is 1.89 bits per heavy atom. The number of phenolic OH excluding ortho intramolecular Hbond substituents is 1. The Bertz CT molecular complexity index is 536. The molecule has 0 radical (unpaired) electrons. The third kappa shape index (κ3) is 3.07. The van der Waals surface area contributed by atoms with Crippen molar-refractivity contribution in [2.75, 3.05) is 0 Å². The van der Waals surface area contributed by atoms with Crippen molar-refractivity contribution in [3.63, 3.8) is 0 Å². The van der Waals surface area contributed by atoms with E-state index in [1.54, 1.807) is 11.3 Å². The average molecular weight is 334 g/mol. The maximum atomic E-state index is 13.1. The van der Waals surface area contributed by atoms with Gasteiger partial charge in [-0.3, -0.25) is 0 Å². The molecule has 6 heteroatoms. The Kier molecular flexibility index (Phi) is 4.31. The number of halogens is 3. The zero-order chi connectivity index (χ0) is 13.1. The Hall–Kier alpha value is -0.980. The van der Waals surface area contributed by atoms with Crippen LogP contribution in [0.4, 0.5) is 8.78 Å². The van der Waals surface area contributed by atoms with E-state index in [2.05, 4.69) is 21.2 Å². The van der Waals surface area contributed by atoms with Gasteiger partial charge < -0.3 is 10.4 Å². The molecule has 0 atom stereocenters. The number of phenols is 1. The summed E-state index contributed by atoms with van der Waals surface area (Å²) in [5.74, 6) is -2.81. The molecule has 18 heavy (non-hydrogen) atoms. The smallest absolute Gasteiger partial charge is 0.187 e. The van der Waals surface area contributed by atoms with Crippen molar-refractivity contribution in [2.45, 2.75) is 13.1 Å². The summed E-state index contributed by atoms with van der Waals surface area (Å²) >= 11 is 5.00. The van der Waals surface area contributed by atoms with E-state index in [1.165, 1.54) is 0 Å². The third-order valence-corrected chi connectivity index (χ3v) is 4.31. The molecule has 2 aromatic rings. The van der Waals surface area contributed by atoms with Gasteiger partial charge in [0.25, 0.3) is 0 Å². The van der Waals surface area contributed by atoms with Gasteiger partial charge in [0.05, 0.1) is 0 Å². The third-order valence-electron chi connectivity index (χ3n) is 2.38. The summed E-state index contributed by atoms with van der Waals surface area (Å²) in [6.07, 6.45) is 0. The van der Waals surface area contributed by atoms with E-state index in [1.807, 2.05) is 11.4 Å². The summed E-state index contributed by atoms with van der Waals surface area (Å²) < 4.78 is 27.2. The van der Waals surface area contributed by atoms with Crippen LogP contribution in [0.3, 0.4) is 0 Å². The van der Waals surface area contributed by atoms with E-state index >= 15 is 0 Å². The van der Waals surface area contributed by atoms with Crippen LogP contribution in [0.5, 0.6) is 5.75 Å². The number of thiophene rings is 1. The fraction of sp³-hybridized carbons (Fsp3) is 0.167. The Morgan fingerprint density at radius 1 is 1.22 bits per heavy atom. The summed E-state index contributed by atoms with van der Waals surface area (Å²) in [5, 5.41) is 14.0. The molecule has 96 valence electrons. The van der Waals surface area contributed by atoms with Crippen LogP contribution in [0, 0.1) is 11.6 Å². The van der Waals surface area contributed by atoms with Crippen molar-refractivity contribution in [1.82, 2.24) is 5.32 Å². The monoisotopic (exact) mass is 333 g/mol. The minimum Gasteiger partial charge on any atom is -0.503 e. The van der Waals surface area contributed by atoms with Crippen LogP contribution < -0.4 is 5.32 Å². The first-order chi connectivity index (χ1) is 8.58. The first kappa shape index (κ1) is 13.5. The van der Waals surface area contributed by atoms with Crippen LogP contribution in [0.25, 0.3) is 0 Å². The molecule has 0 amide bonds. The van der Waals surface area contributed by atoms with Gasteiger partial charge in [-0.15, -0.1) is 11.3 Å². The van der Waals surface area contributed by atoms with E-state index in [9.17, 15) is 8.78 Å². The van der Waals surface area contributed by atoms with Gasteiger partial charge in [0, 0.05) is 22.4 Å². The van der Waals surface area contributed by atoms with Gasteiger partial charge in [0.1, 0.15) is 0 Å². The van der Waals surface area contributed by atoms with E-state index in [0.717, 1.165) is 21.5 Å². The number of hydrogen-bond donors (Lipinski definition) is 2. The number of rotatable bonds is 4. The van der Waals surface area contributed by atoms with Gasteiger partial charge in [0.2, 0.25) is 0 Å². The molecule has 2 nitrogen and oxygen atoms in total. The van der Waals surface area contributed by atoms with Crippen molar-refractivity contribution in [3.05, 3.63) is 50.1 Å². The van der Waals surface area contributed by atoms with Crippen molar-refractivity contribution in [2.24, 2.45) is 0 Å². The Balaban J connectivity index is 1.97. The van der Waals surface area contributed by atoms with Crippen molar-refractivity contribution < 1.29 is 13.9 Å². The number of aromatic hydroxyl groups is 1. The summed E-state index contributed by atoms with van der Waals surface area (Å²) in [6, 6.07) is 4.19. The van der Waals surface area contributed by atoms with Crippen LogP contribution in [0.15, 0.2) is 28.1 Å². The topological polar surface area (TPSA) is 32.3 Å². The molecule has 0 saturated heterocycles. The van der Waals surface area contributed by atoms with Gasteiger partial charge in [-0.2, -0.15) is 0 Å². The highest BCUT2D eigenvalue weighted by molar-refractivity contribution is 9.10. The zero-order valence-electron chi connectivity index (χ0n) is 9.21. The molecule has 2 N–H and O–H groups in total. The maximum absolute atomic E-state index is 13.1. The zero-order valence-corrected chi connectivity index (χ0v) is 11.6. The van der Waals surface area contributed by atoms with Crippen molar-refractivity contribution in [3.8, 4) is 5.75 Å². The molecule has 0 saturated carbocycles. The predicted octanol–water partition coefficient (Wildman–Crippen LogP) is 3.78. The van der Waals surface area contributed by atoms with Crippen LogP contribution in [0.1, 0.15) is 10.4 Å². The minimum absolute atomic E-state index is 0.332. The van der Waals surface area contributed by atoms with E-state index < -0.39 is 17.4 Å². The summed E-state index contributed by atoms with van der Waals surface area (Å²) in [4.78, 5) is 1.12. The summed E-state index contributed by atoms with van der Waals surface area (Å²) in [5.41, 5.74) is 0.454. The second-order valence-electron chi connectivity index (χ2n) is 3.70. The molecule has 0 aliphatic carbocycles. The Morgan fingerprint density at radius 3 is 2.44 bits per heavy atom. The number of benzene rings is 1. The standard InChI is InChI=1S/C12H10BrF2NOS/c13-8-1-2-18-11(8)6-16-5-7-3-9(14)12(17)10(15)4-7/h1-4,16-17H,5-6H2. The summed E-state index contributed by atoms with van der Waals surface area (Å²) in [7, 11) is 0. The average Bonchev–Trinajstić information content (AvgIpc) is 2.72. The van der Waals surface area contributed by atoms with Crippen LogP contribution >= 0.6 is 27.3 Å². The van der Waals surface area contributed by atoms with Gasteiger partial charge >= 0.3 is 0 Å². The van der Waals surface area contributed by atoms with Crippen molar-refractivity contribution >= 4 is 27.3 Å². The van der Waals surface area contributed by atoms with Crippen LogP contribution in [-0.4, -0.2) is 5.11 Å². The molecule has 2 rings (SSSR count). The fourth-order valence-corrected chi connectivity index (χ4v) is 2.95. The van der Waals surface area contributed by atoms with Crippen molar-refractivity contribution in [1.29, 1.82) is 0 Å². The fourth-order valence-electron chi connectivity index (χ4n) is 1.49. The maximum Gasteiger partial charge on any atom is 0.187 e. The SMILES string of the molecule is Oc1c(F)cc(CNCc2sccc2Br)cc1F. The quantitative estimate of drug-likeness (QED) is 0.892. The predicted molar refractivity (Wildman–Crippen MR) is 70.6 cm³/mol. The van der Waals surface area contributed by atoms with E-state index in [-0.39, 0.29) is 0 Å². The molecule has 0 aliphatic heterocycles. The number of hydrogen-bond acceptors (Lipinski definition) is 3. The van der Waals surface area contributed by atoms with Gasteiger partial charge in [-0.1, -0.05) is 0 Å². The lowest BCUT2D eigenvalue weighted by Crippen LogP contribution is -2.12. The Labute approximate surface area is 115 Å². The van der Waals surface area contributed by atoms with E-state index in [4.69, 9.17) is 5.11 Å². The molecular formula is C12H10BrF2NOS. The van der Waals surface area contributed by atoms with Gasteiger partial charge in [-0.05, 0) is 45.1 Å². The molecule has 0 aliphatic rings. The molecule has 0 bridgehead atoms. The second kappa shape index (κ2) is 5.77. The lowest BCUT2D eigenvalue weighted by Gasteiger charge is -2.06. The molecular weight excluding hydrogens is 324 g/mol. The lowest BCUT2D eigenvalue weighted by atomic mass is 10.2. The molecule has 0 unspecified atom stereocenters. The van der Waals surface area contributed by atoms with Crippen LogP contribution in [-0.2, 0) is 13.1 Å². The number of nitrogens with one attached hydrogen (secondary N) is 1. The first-order valence-electron chi connectivity index (χ1n) is 5.17. The molecule has 1 heterocycles. The highest BCUT2D eigenvalue weighted by Crippen LogP contribution is 2.23. The summed E-state index contributed by atoms with van der Waals surface area (Å²) in [6.45, 7) is 0.945. The largest absolute Gasteiger partial charge is 0.503 e. The van der Waals surface area contributed by atoms with E-state index in [0.29, 0.717) is 18.7 Å². The molecule has 0 fully saturated rings. The highest BCUT2D eigenvalue weighted by atomic mass is 79.9.